The number of ether oxygens (including phenoxy) is 2. The van der Waals surface area contributed by atoms with E-state index in [1.165, 1.54) is 6.07 Å². The first kappa shape index (κ1) is 28.3. The van der Waals surface area contributed by atoms with Gasteiger partial charge in [-0.25, -0.2) is 19.2 Å². The number of hydrogen-bond acceptors (Lipinski definition) is 7. The Hall–Kier alpha value is -4.85. The molecule has 1 fully saturated rings. The molecule has 1 N–H and O–H groups in total. The van der Waals surface area contributed by atoms with Gasteiger partial charge in [-0.15, -0.1) is 0 Å². The Bertz CT molecular complexity index is 1860. The third kappa shape index (κ3) is 6.18. The number of imidazole rings is 1. The number of pyridine rings is 1. The Morgan fingerprint density at radius 1 is 1.12 bits per heavy atom. The maximum Gasteiger partial charge on any atom is 0.335 e. The number of hydrogen-bond donors (Lipinski definition) is 1. The third-order valence-corrected chi connectivity index (χ3v) is 7.76. The number of carbonyl (C=O) groups is 1. The van der Waals surface area contributed by atoms with E-state index in [4.69, 9.17) is 19.7 Å². The highest BCUT2D eigenvalue weighted by Crippen LogP contribution is 2.25. The summed E-state index contributed by atoms with van der Waals surface area (Å²) in [4.78, 5) is 23.4. The smallest absolute Gasteiger partial charge is 0.335 e. The van der Waals surface area contributed by atoms with Gasteiger partial charge in [-0.2, -0.15) is 5.26 Å². The summed E-state index contributed by atoms with van der Waals surface area (Å²) >= 11 is 0. The molecule has 9 nitrogen and oxygen atoms in total. The fourth-order valence-corrected chi connectivity index (χ4v) is 5.21. The Balaban J connectivity index is 1.20. The molecule has 0 unspecified atom stereocenters. The summed E-state index contributed by atoms with van der Waals surface area (Å²) in [6, 6.07) is 21.1. The summed E-state index contributed by atoms with van der Waals surface area (Å²) in [5, 5.41) is 19.4. The quantitative estimate of drug-likeness (QED) is 0.213. The lowest BCUT2D eigenvalue weighted by atomic mass is 10.1. The standard InChI is InChI=1S/C33H30FN5O4/c1-2-38(19-31-36-28-9-7-24(33(40)41)15-30(28)39(31)18-26-11-12-42-26)17-22-4-5-23-8-10-32(37-29(23)14-22)43-20-25-6-3-21(16-35)13-27(25)34/h3-10,13-15,26H,2,11-12,17-20H2,1H3,(H,40,41)/t26-/m0/s1. The molecule has 6 rings (SSSR count). The lowest BCUT2D eigenvalue weighted by Gasteiger charge is -2.28. The van der Waals surface area contributed by atoms with Crippen LogP contribution in [-0.2, 0) is 31.0 Å². The van der Waals surface area contributed by atoms with Crippen LogP contribution in [0.4, 0.5) is 4.39 Å². The van der Waals surface area contributed by atoms with E-state index in [0.717, 1.165) is 52.9 Å². The van der Waals surface area contributed by atoms with Crippen LogP contribution in [0.15, 0.2) is 66.7 Å². The van der Waals surface area contributed by atoms with Crippen molar-refractivity contribution < 1.29 is 23.8 Å². The Morgan fingerprint density at radius 3 is 2.67 bits per heavy atom. The normalized spacial score (nSPS) is 14.6. The molecule has 0 amide bonds. The zero-order chi connectivity index (χ0) is 29.9. The highest BCUT2D eigenvalue weighted by atomic mass is 19.1. The second kappa shape index (κ2) is 12.2. The minimum Gasteiger partial charge on any atom is -0.478 e. The van der Waals surface area contributed by atoms with Gasteiger partial charge in [-0.3, -0.25) is 4.90 Å². The van der Waals surface area contributed by atoms with Gasteiger partial charge in [0.1, 0.15) is 18.2 Å². The van der Waals surface area contributed by atoms with Gasteiger partial charge >= 0.3 is 5.97 Å². The molecule has 218 valence electrons. The molecular weight excluding hydrogens is 549 g/mol. The number of halogens is 1. The molecule has 1 aliphatic rings. The van der Waals surface area contributed by atoms with Crippen LogP contribution in [0.3, 0.4) is 0 Å². The number of benzene rings is 3. The second-order valence-corrected chi connectivity index (χ2v) is 10.6. The third-order valence-electron chi connectivity index (χ3n) is 7.76. The van der Waals surface area contributed by atoms with E-state index in [1.54, 1.807) is 36.4 Å². The molecule has 5 aromatic rings. The minimum atomic E-state index is -0.967. The van der Waals surface area contributed by atoms with E-state index in [9.17, 15) is 14.3 Å². The average molecular weight is 580 g/mol. The van der Waals surface area contributed by atoms with E-state index >= 15 is 0 Å². The molecule has 1 saturated heterocycles. The summed E-state index contributed by atoms with van der Waals surface area (Å²) in [6.45, 7) is 5.46. The van der Waals surface area contributed by atoms with Gasteiger partial charge in [0.05, 0.1) is 52.9 Å². The van der Waals surface area contributed by atoms with E-state index in [-0.39, 0.29) is 23.8 Å². The summed E-state index contributed by atoms with van der Waals surface area (Å²) in [5.74, 6) is -0.211. The molecule has 43 heavy (non-hydrogen) atoms. The SMILES string of the molecule is CCN(Cc1ccc2ccc(OCc3ccc(C#N)cc3F)nc2c1)Cc1nc2ccc(C(=O)O)cc2n1C[C@@H]1CCO1. The first-order valence-electron chi connectivity index (χ1n) is 14.2. The fourth-order valence-electron chi connectivity index (χ4n) is 5.21. The molecule has 0 saturated carbocycles. The fraction of sp³-hybridized carbons (Fsp3) is 0.273. The molecule has 3 heterocycles. The van der Waals surface area contributed by atoms with Crippen molar-refractivity contribution in [2.45, 2.75) is 45.7 Å². The van der Waals surface area contributed by atoms with Gasteiger partial charge < -0.3 is 19.1 Å². The van der Waals surface area contributed by atoms with E-state index < -0.39 is 11.8 Å². The van der Waals surface area contributed by atoms with Gasteiger partial charge in [0.2, 0.25) is 5.88 Å². The first-order chi connectivity index (χ1) is 20.9. The lowest BCUT2D eigenvalue weighted by Crippen LogP contribution is -2.32. The summed E-state index contributed by atoms with van der Waals surface area (Å²) in [6.07, 6.45) is 1.06. The van der Waals surface area contributed by atoms with Crippen molar-refractivity contribution in [1.29, 1.82) is 5.26 Å². The summed E-state index contributed by atoms with van der Waals surface area (Å²) in [7, 11) is 0. The van der Waals surface area contributed by atoms with Crippen molar-refractivity contribution >= 4 is 27.9 Å². The zero-order valence-corrected chi connectivity index (χ0v) is 23.7. The van der Waals surface area contributed by atoms with Crippen LogP contribution in [0.5, 0.6) is 5.88 Å². The minimum absolute atomic E-state index is 0.000206. The predicted octanol–water partition coefficient (Wildman–Crippen LogP) is 5.68. The second-order valence-electron chi connectivity index (χ2n) is 10.6. The Labute approximate surface area is 247 Å². The average Bonchev–Trinajstić information content (AvgIpc) is 3.33. The monoisotopic (exact) mass is 579 g/mol. The molecule has 2 aromatic heterocycles. The molecule has 0 bridgehead atoms. The van der Waals surface area contributed by atoms with Crippen LogP contribution < -0.4 is 4.74 Å². The van der Waals surface area contributed by atoms with E-state index in [1.807, 2.05) is 24.3 Å². The van der Waals surface area contributed by atoms with Crippen molar-refractivity contribution in [3.63, 3.8) is 0 Å². The van der Waals surface area contributed by atoms with Crippen LogP contribution in [0, 0.1) is 17.1 Å². The molecule has 1 aliphatic heterocycles. The van der Waals surface area contributed by atoms with E-state index in [0.29, 0.717) is 31.1 Å². The van der Waals surface area contributed by atoms with E-state index in [2.05, 4.69) is 27.4 Å². The first-order valence-corrected chi connectivity index (χ1v) is 14.2. The largest absolute Gasteiger partial charge is 0.478 e. The van der Waals surface area contributed by atoms with Crippen LogP contribution >= 0.6 is 0 Å². The van der Waals surface area contributed by atoms with Gasteiger partial charge in [-0.1, -0.05) is 25.1 Å². The molecule has 0 spiro atoms. The molecule has 10 heteroatoms. The summed E-state index contributed by atoms with van der Waals surface area (Å²) in [5.41, 5.74) is 4.23. The highest BCUT2D eigenvalue weighted by Gasteiger charge is 2.23. The molecule has 0 radical (unpaired) electrons. The van der Waals surface area contributed by atoms with Crippen LogP contribution in [0.1, 0.15) is 46.2 Å². The van der Waals surface area contributed by atoms with Crippen LogP contribution in [0.2, 0.25) is 0 Å². The maximum absolute atomic E-state index is 14.3. The highest BCUT2D eigenvalue weighted by molar-refractivity contribution is 5.92. The van der Waals surface area contributed by atoms with Crippen molar-refractivity contribution in [2.75, 3.05) is 13.2 Å². The lowest BCUT2D eigenvalue weighted by molar-refractivity contribution is -0.0592. The number of rotatable bonds is 11. The van der Waals surface area contributed by atoms with Crippen molar-refractivity contribution in [1.82, 2.24) is 19.4 Å². The van der Waals surface area contributed by atoms with Gasteiger partial charge in [0.15, 0.2) is 0 Å². The topological polar surface area (TPSA) is 114 Å². The Kier molecular flexibility index (Phi) is 8.01. The van der Waals surface area contributed by atoms with Gasteiger partial charge in [0.25, 0.3) is 0 Å². The number of nitriles is 1. The van der Waals surface area contributed by atoms with Crippen molar-refractivity contribution in [3.8, 4) is 11.9 Å². The number of fused-ring (bicyclic) bond motifs is 2. The van der Waals surface area contributed by atoms with Crippen LogP contribution in [-0.4, -0.2) is 49.8 Å². The number of aromatic nitrogens is 3. The Morgan fingerprint density at radius 2 is 1.95 bits per heavy atom. The number of nitrogens with zero attached hydrogens (tertiary/aromatic N) is 5. The molecule has 3 aromatic carbocycles. The molecule has 0 aliphatic carbocycles. The van der Waals surface area contributed by atoms with Crippen LogP contribution in [0.25, 0.3) is 21.9 Å². The number of aromatic carboxylic acids is 1. The molecule has 1 atom stereocenters. The zero-order valence-electron chi connectivity index (χ0n) is 23.7. The van der Waals surface area contributed by atoms with Crippen molar-refractivity contribution in [2.24, 2.45) is 0 Å². The molecular formula is C33H30FN5O4. The van der Waals surface area contributed by atoms with Gasteiger partial charge in [-0.05, 0) is 61.0 Å². The predicted molar refractivity (Wildman–Crippen MR) is 158 cm³/mol. The van der Waals surface area contributed by atoms with Gasteiger partial charge in [0, 0.05) is 30.2 Å². The number of carboxylic acid groups (broad SMARTS) is 1. The summed E-state index contributed by atoms with van der Waals surface area (Å²) < 4.78 is 27.9. The maximum atomic E-state index is 14.3. The van der Waals surface area contributed by atoms with Crippen molar-refractivity contribution in [3.05, 3.63) is 101 Å². The number of carboxylic acids is 1.